The van der Waals surface area contributed by atoms with Gasteiger partial charge in [0.25, 0.3) is 10.0 Å². The summed E-state index contributed by atoms with van der Waals surface area (Å²) in [6.07, 6.45) is 0. The van der Waals surface area contributed by atoms with Crippen molar-refractivity contribution in [3.05, 3.63) is 4.60 Å². The minimum atomic E-state index is -3.81. The fourth-order valence-corrected chi connectivity index (χ4v) is 3.43. The van der Waals surface area contributed by atoms with E-state index < -0.39 is 10.0 Å². The van der Waals surface area contributed by atoms with Crippen LogP contribution in [0, 0.1) is 0 Å². The van der Waals surface area contributed by atoms with Crippen molar-refractivity contribution in [1.82, 2.24) is 24.6 Å². The molecule has 0 bridgehead atoms. The summed E-state index contributed by atoms with van der Waals surface area (Å²) in [5.41, 5.74) is 0. The fourth-order valence-electron chi connectivity index (χ4n) is 1.28. The monoisotopic (exact) mass is 339 g/mol. The number of halogens is 1. The third-order valence-corrected chi connectivity index (χ3v) is 4.82. The number of nitrogens with one attached hydrogen (secondary N) is 1. The lowest BCUT2D eigenvalue weighted by Crippen LogP contribution is -2.38. The normalized spacial score (nSPS) is 11.8. The number of sulfonamides is 1. The summed E-state index contributed by atoms with van der Waals surface area (Å²) in [6, 6.07) is 0. The first-order valence-corrected chi connectivity index (χ1v) is 7.32. The van der Waals surface area contributed by atoms with Gasteiger partial charge in [0.15, 0.2) is 4.60 Å². The van der Waals surface area contributed by atoms with Crippen LogP contribution in [0.4, 0.5) is 0 Å². The molecule has 0 aliphatic carbocycles. The van der Waals surface area contributed by atoms with Gasteiger partial charge in [-0.05, 0) is 22.9 Å². The second-order valence-corrected chi connectivity index (χ2v) is 6.23. The molecule has 1 heterocycles. The lowest BCUT2D eigenvalue weighted by atomic mass is 10.5. The van der Waals surface area contributed by atoms with Crippen LogP contribution in [-0.4, -0.2) is 53.8 Å². The Morgan fingerprint density at radius 2 is 2.17 bits per heavy atom. The summed E-state index contributed by atoms with van der Waals surface area (Å²) in [7, 11) is -1.02. The average Bonchev–Trinajstić information content (AvgIpc) is 2.59. The summed E-state index contributed by atoms with van der Waals surface area (Å²) in [4.78, 5) is 11.4. The van der Waals surface area contributed by atoms with Crippen molar-refractivity contribution in [2.75, 3.05) is 20.1 Å². The Morgan fingerprint density at radius 1 is 1.56 bits per heavy atom. The zero-order chi connectivity index (χ0) is 13.9. The van der Waals surface area contributed by atoms with Crippen molar-refractivity contribution in [2.45, 2.75) is 11.9 Å². The molecule has 0 unspecified atom stereocenters. The zero-order valence-electron chi connectivity index (χ0n) is 10.2. The van der Waals surface area contributed by atoms with Crippen LogP contribution in [0.1, 0.15) is 6.92 Å². The third kappa shape index (κ3) is 3.06. The van der Waals surface area contributed by atoms with Crippen LogP contribution in [0.5, 0.6) is 0 Å². The van der Waals surface area contributed by atoms with Gasteiger partial charge in [0.1, 0.15) is 0 Å². The van der Waals surface area contributed by atoms with E-state index in [1.165, 1.54) is 14.1 Å². The lowest BCUT2D eigenvalue weighted by Gasteiger charge is -2.16. The number of nitrogens with zero attached hydrogens (tertiary/aromatic N) is 4. The molecule has 102 valence electrons. The molecular formula is C8H14BrN5O3S. The lowest BCUT2D eigenvalue weighted by molar-refractivity contribution is -0.121. The molecule has 0 aliphatic rings. The minimum absolute atomic E-state index is 0.0886. The van der Waals surface area contributed by atoms with Crippen LogP contribution < -0.4 is 5.32 Å². The van der Waals surface area contributed by atoms with Gasteiger partial charge in [0.05, 0.1) is 6.54 Å². The molecule has 1 aromatic rings. The van der Waals surface area contributed by atoms with Crippen molar-refractivity contribution in [1.29, 1.82) is 0 Å². The van der Waals surface area contributed by atoms with Gasteiger partial charge in [-0.3, -0.25) is 4.79 Å². The number of hydrogen-bond donors (Lipinski definition) is 1. The number of carbonyl (C=O) groups excluding carboxylic acids is 1. The van der Waals surface area contributed by atoms with Crippen molar-refractivity contribution in [3.8, 4) is 0 Å². The van der Waals surface area contributed by atoms with Crippen molar-refractivity contribution >= 4 is 31.9 Å². The van der Waals surface area contributed by atoms with Crippen LogP contribution in [0.25, 0.3) is 0 Å². The molecule has 1 aromatic heterocycles. The minimum Gasteiger partial charge on any atom is -0.355 e. The van der Waals surface area contributed by atoms with Crippen molar-refractivity contribution in [2.24, 2.45) is 7.05 Å². The van der Waals surface area contributed by atoms with Crippen LogP contribution in [-0.2, 0) is 21.9 Å². The molecule has 8 nitrogen and oxygen atoms in total. The highest BCUT2D eigenvalue weighted by molar-refractivity contribution is 9.10. The molecule has 0 saturated heterocycles. The Labute approximate surface area is 114 Å². The quantitative estimate of drug-likeness (QED) is 0.767. The third-order valence-electron chi connectivity index (χ3n) is 2.13. The van der Waals surface area contributed by atoms with E-state index in [-0.39, 0.29) is 22.1 Å². The first kappa shape index (κ1) is 15.1. The fraction of sp³-hybridized carbons (Fsp3) is 0.625. The number of rotatable bonds is 5. The number of carbonyl (C=O) groups is 1. The topological polar surface area (TPSA) is 97.2 Å². The molecule has 0 aliphatic heterocycles. The summed E-state index contributed by atoms with van der Waals surface area (Å²) in [5, 5.41) is 9.64. The molecule has 1 amide bonds. The summed E-state index contributed by atoms with van der Waals surface area (Å²) in [5.74, 6) is -0.366. The molecule has 0 aromatic carbocycles. The number of aryl methyl sites for hydroxylation is 1. The summed E-state index contributed by atoms with van der Waals surface area (Å²) in [6.45, 7) is 1.95. The number of likely N-dealkylation sites (N-methyl/N-ethyl adjacent to an activating group) is 2. The van der Waals surface area contributed by atoms with Crippen LogP contribution in [0.3, 0.4) is 0 Å². The molecule has 0 saturated carbocycles. The molecule has 1 rings (SSSR count). The van der Waals surface area contributed by atoms with Crippen LogP contribution >= 0.6 is 15.9 Å². The highest BCUT2D eigenvalue weighted by Crippen LogP contribution is 2.20. The second-order valence-electron chi connectivity index (χ2n) is 3.52. The van der Waals surface area contributed by atoms with Gasteiger partial charge in [-0.1, -0.05) is 5.21 Å². The van der Waals surface area contributed by atoms with Crippen LogP contribution in [0.2, 0.25) is 0 Å². The Kier molecular flexibility index (Phi) is 4.82. The maximum Gasteiger partial charge on any atom is 0.263 e. The summed E-state index contributed by atoms with van der Waals surface area (Å²) < 4.78 is 26.6. The van der Waals surface area contributed by atoms with Gasteiger partial charge in [-0.2, -0.15) is 4.31 Å². The van der Waals surface area contributed by atoms with E-state index in [0.717, 1.165) is 8.99 Å². The molecule has 1 N–H and O–H groups in total. The molecule has 0 spiro atoms. The zero-order valence-corrected chi connectivity index (χ0v) is 12.6. The van der Waals surface area contributed by atoms with E-state index >= 15 is 0 Å². The van der Waals surface area contributed by atoms with Crippen LogP contribution in [0.15, 0.2) is 9.63 Å². The first-order valence-electron chi connectivity index (χ1n) is 5.09. The highest BCUT2D eigenvalue weighted by Gasteiger charge is 2.29. The van der Waals surface area contributed by atoms with Gasteiger partial charge in [0, 0.05) is 20.6 Å². The van der Waals surface area contributed by atoms with Gasteiger partial charge in [-0.25, -0.2) is 13.1 Å². The number of amides is 1. The van der Waals surface area contributed by atoms with E-state index in [9.17, 15) is 13.2 Å². The molecule has 10 heteroatoms. The second kappa shape index (κ2) is 5.76. The molecule has 18 heavy (non-hydrogen) atoms. The molecule has 0 atom stereocenters. The van der Waals surface area contributed by atoms with E-state index in [0.29, 0.717) is 6.54 Å². The predicted octanol–water partition coefficient (Wildman–Crippen LogP) is -0.666. The Hall–Kier alpha value is -1.00. The first-order chi connectivity index (χ1) is 8.30. The standard InChI is InChI=1S/C8H14BrN5O3S/c1-4-10-6(15)5-13(2)18(16,17)8-7(9)11-12-14(8)3/h4-5H2,1-3H3,(H,10,15). The highest BCUT2D eigenvalue weighted by atomic mass is 79.9. The van der Waals surface area contributed by atoms with Crippen molar-refractivity contribution in [3.63, 3.8) is 0 Å². The smallest absolute Gasteiger partial charge is 0.263 e. The number of hydrogen-bond acceptors (Lipinski definition) is 5. The number of aromatic nitrogens is 3. The largest absolute Gasteiger partial charge is 0.355 e. The van der Waals surface area contributed by atoms with E-state index in [1.54, 1.807) is 6.92 Å². The van der Waals surface area contributed by atoms with E-state index in [2.05, 4.69) is 31.6 Å². The van der Waals surface area contributed by atoms with Gasteiger partial charge in [0.2, 0.25) is 10.9 Å². The molecule has 0 fully saturated rings. The van der Waals surface area contributed by atoms with Gasteiger partial charge < -0.3 is 5.32 Å². The summed E-state index contributed by atoms with van der Waals surface area (Å²) >= 11 is 3.02. The Morgan fingerprint density at radius 3 is 2.61 bits per heavy atom. The average molecular weight is 340 g/mol. The van der Waals surface area contributed by atoms with Gasteiger partial charge in [-0.15, -0.1) is 5.10 Å². The van der Waals surface area contributed by atoms with Gasteiger partial charge >= 0.3 is 0 Å². The molecule has 0 radical (unpaired) electrons. The maximum atomic E-state index is 12.2. The maximum absolute atomic E-state index is 12.2. The SMILES string of the molecule is CCNC(=O)CN(C)S(=O)(=O)c1c(Br)nnn1C. The molecular weight excluding hydrogens is 326 g/mol. The van der Waals surface area contributed by atoms with Crippen molar-refractivity contribution < 1.29 is 13.2 Å². The predicted molar refractivity (Wildman–Crippen MR) is 67.2 cm³/mol. The van der Waals surface area contributed by atoms with E-state index in [4.69, 9.17) is 0 Å². The van der Waals surface area contributed by atoms with E-state index in [1.807, 2.05) is 0 Å². The Bertz CT molecular complexity index is 521. The Balaban J connectivity index is 2.97.